The van der Waals surface area contributed by atoms with Gasteiger partial charge < -0.3 is 14.8 Å². The number of hydrogen-bond acceptors (Lipinski definition) is 5. The quantitative estimate of drug-likeness (QED) is 0.667. The maximum atomic E-state index is 12.3. The highest BCUT2D eigenvalue weighted by Gasteiger charge is 2.22. The van der Waals surface area contributed by atoms with E-state index in [1.807, 2.05) is 45.9 Å². The minimum atomic E-state index is -0.143. The molecule has 6 heteroatoms. The number of aryl methyl sites for hydroxylation is 2. The molecule has 3 rings (SSSR count). The average molecular weight is 402 g/mol. The van der Waals surface area contributed by atoms with Crippen LogP contribution in [0.15, 0.2) is 18.2 Å². The topological polar surface area (TPSA) is 64.6 Å². The molecule has 0 radical (unpaired) electrons. The molecule has 1 aromatic heterocycles. The van der Waals surface area contributed by atoms with Crippen LogP contribution >= 0.6 is 11.3 Å². The van der Waals surface area contributed by atoms with E-state index in [9.17, 15) is 9.59 Å². The van der Waals surface area contributed by atoms with Crippen LogP contribution < -0.4 is 14.8 Å². The van der Waals surface area contributed by atoms with Gasteiger partial charge >= 0.3 is 0 Å². The lowest BCUT2D eigenvalue weighted by Crippen LogP contribution is -2.23. The molecule has 1 unspecified atom stereocenters. The van der Waals surface area contributed by atoms with Crippen LogP contribution in [0.4, 0.5) is 0 Å². The predicted octanol–water partition coefficient (Wildman–Crippen LogP) is 4.37. The number of ketones is 1. The second-order valence-corrected chi connectivity index (χ2v) is 8.62. The molecule has 0 saturated carbocycles. The SMILES string of the molecule is CCOc1cc2c(cc1CNC(=O)CCC(=O)c1cc(C)sc1C)OC(C)C2. The molecule has 1 aliphatic rings. The highest BCUT2D eigenvalue weighted by molar-refractivity contribution is 7.12. The molecule has 28 heavy (non-hydrogen) atoms. The lowest BCUT2D eigenvalue weighted by atomic mass is 10.1. The molecule has 0 spiro atoms. The Balaban J connectivity index is 1.58. The maximum Gasteiger partial charge on any atom is 0.220 e. The Morgan fingerprint density at radius 2 is 2.04 bits per heavy atom. The standard InChI is InChI=1S/C22H27NO4S/c1-5-26-20-10-16-8-13(2)27-21(16)11-17(20)12-23-22(25)7-6-19(24)18-9-14(3)28-15(18)4/h9-11,13H,5-8,12H2,1-4H3,(H,23,25). The third-order valence-electron chi connectivity index (χ3n) is 4.78. The van der Waals surface area contributed by atoms with E-state index in [4.69, 9.17) is 9.47 Å². The number of thiophene rings is 1. The van der Waals surface area contributed by atoms with Crippen molar-refractivity contribution in [3.63, 3.8) is 0 Å². The van der Waals surface area contributed by atoms with Gasteiger partial charge in [0.05, 0.1) is 6.61 Å². The minimum absolute atomic E-state index is 0.0203. The zero-order valence-electron chi connectivity index (χ0n) is 16.9. The van der Waals surface area contributed by atoms with Crippen molar-refractivity contribution in [3.05, 3.63) is 44.6 Å². The van der Waals surface area contributed by atoms with Gasteiger partial charge in [0.1, 0.15) is 17.6 Å². The maximum absolute atomic E-state index is 12.3. The Kier molecular flexibility index (Phi) is 6.39. The first-order chi connectivity index (χ1) is 13.4. The highest BCUT2D eigenvalue weighted by atomic mass is 32.1. The molecule has 2 heterocycles. The van der Waals surface area contributed by atoms with E-state index in [1.54, 1.807) is 11.3 Å². The Bertz CT molecular complexity index is 887. The molecule has 0 fully saturated rings. The lowest BCUT2D eigenvalue weighted by Gasteiger charge is -2.13. The van der Waals surface area contributed by atoms with Crippen molar-refractivity contribution in [2.24, 2.45) is 0 Å². The number of benzene rings is 1. The molecule has 2 aromatic rings. The van der Waals surface area contributed by atoms with Gasteiger partial charge in [0.25, 0.3) is 0 Å². The van der Waals surface area contributed by atoms with E-state index < -0.39 is 0 Å². The highest BCUT2D eigenvalue weighted by Crippen LogP contribution is 2.35. The lowest BCUT2D eigenvalue weighted by molar-refractivity contribution is -0.121. The molecule has 0 saturated heterocycles. The van der Waals surface area contributed by atoms with E-state index >= 15 is 0 Å². The van der Waals surface area contributed by atoms with Crippen LogP contribution in [0.2, 0.25) is 0 Å². The van der Waals surface area contributed by atoms with Gasteiger partial charge in [0.2, 0.25) is 5.91 Å². The summed E-state index contributed by atoms with van der Waals surface area (Å²) in [4.78, 5) is 26.7. The van der Waals surface area contributed by atoms with Crippen molar-refractivity contribution in [2.45, 2.75) is 59.6 Å². The molecule has 1 amide bonds. The summed E-state index contributed by atoms with van der Waals surface area (Å²) in [5.41, 5.74) is 2.76. The Morgan fingerprint density at radius 3 is 2.71 bits per heavy atom. The first-order valence-electron chi connectivity index (χ1n) is 9.69. The second-order valence-electron chi connectivity index (χ2n) is 7.16. The molecule has 1 N–H and O–H groups in total. The normalized spacial score (nSPS) is 15.1. The van der Waals surface area contributed by atoms with Crippen molar-refractivity contribution in [1.29, 1.82) is 0 Å². The summed E-state index contributed by atoms with van der Waals surface area (Å²) in [5.74, 6) is 1.51. The summed E-state index contributed by atoms with van der Waals surface area (Å²) in [5, 5.41) is 2.90. The summed E-state index contributed by atoms with van der Waals surface area (Å²) in [6.45, 7) is 8.81. The monoisotopic (exact) mass is 401 g/mol. The predicted molar refractivity (Wildman–Crippen MR) is 111 cm³/mol. The third-order valence-corrected chi connectivity index (χ3v) is 5.74. The van der Waals surface area contributed by atoms with Crippen molar-refractivity contribution in [2.75, 3.05) is 6.61 Å². The number of Topliss-reactive ketones (excluding diaryl/α,β-unsaturated/α-hetero) is 1. The first-order valence-corrected chi connectivity index (χ1v) is 10.5. The number of rotatable bonds is 8. The Hall–Kier alpha value is -2.34. The van der Waals surface area contributed by atoms with E-state index in [-0.39, 0.29) is 30.6 Å². The number of nitrogens with one attached hydrogen (secondary N) is 1. The fraction of sp³-hybridized carbons (Fsp3) is 0.455. The van der Waals surface area contributed by atoms with E-state index in [1.165, 1.54) is 0 Å². The summed E-state index contributed by atoms with van der Waals surface area (Å²) in [6, 6.07) is 5.86. The molecule has 5 nitrogen and oxygen atoms in total. The van der Waals surface area contributed by atoms with Gasteiger partial charge in [0.15, 0.2) is 5.78 Å². The van der Waals surface area contributed by atoms with Gasteiger partial charge in [-0.15, -0.1) is 11.3 Å². The molecule has 0 aliphatic carbocycles. The molecule has 150 valence electrons. The summed E-state index contributed by atoms with van der Waals surface area (Å²) in [7, 11) is 0. The zero-order valence-corrected chi connectivity index (χ0v) is 17.7. The second kappa shape index (κ2) is 8.78. The number of amides is 1. The van der Waals surface area contributed by atoms with Crippen LogP contribution in [-0.2, 0) is 17.8 Å². The van der Waals surface area contributed by atoms with Gasteiger partial charge in [-0.25, -0.2) is 0 Å². The number of fused-ring (bicyclic) bond motifs is 1. The molecule has 1 atom stereocenters. The first kappa shape index (κ1) is 20.4. The number of carbonyl (C=O) groups excluding carboxylic acids is 2. The molecule has 1 aliphatic heterocycles. The Labute approximate surface area is 170 Å². The van der Waals surface area contributed by atoms with Crippen molar-refractivity contribution >= 4 is 23.0 Å². The third kappa shape index (κ3) is 4.73. The largest absolute Gasteiger partial charge is 0.494 e. The summed E-state index contributed by atoms with van der Waals surface area (Å²) >= 11 is 1.61. The van der Waals surface area contributed by atoms with Crippen LogP contribution in [0.1, 0.15) is 57.9 Å². The molecular weight excluding hydrogens is 374 g/mol. The van der Waals surface area contributed by atoms with E-state index in [0.717, 1.165) is 44.4 Å². The van der Waals surface area contributed by atoms with Crippen LogP contribution in [0.25, 0.3) is 0 Å². The smallest absolute Gasteiger partial charge is 0.220 e. The number of hydrogen-bond donors (Lipinski definition) is 1. The zero-order chi connectivity index (χ0) is 20.3. The van der Waals surface area contributed by atoms with Crippen LogP contribution in [0, 0.1) is 13.8 Å². The number of carbonyl (C=O) groups is 2. The average Bonchev–Trinajstić information content (AvgIpc) is 3.17. The number of ether oxygens (including phenoxy) is 2. The van der Waals surface area contributed by atoms with Gasteiger partial charge in [-0.1, -0.05) is 0 Å². The van der Waals surface area contributed by atoms with Crippen LogP contribution in [0.3, 0.4) is 0 Å². The van der Waals surface area contributed by atoms with E-state index in [2.05, 4.69) is 5.32 Å². The van der Waals surface area contributed by atoms with Gasteiger partial charge in [-0.2, -0.15) is 0 Å². The molecule has 0 bridgehead atoms. The summed E-state index contributed by atoms with van der Waals surface area (Å²) in [6.07, 6.45) is 1.41. The molecular formula is C22H27NO4S. The van der Waals surface area contributed by atoms with E-state index in [0.29, 0.717) is 13.2 Å². The summed E-state index contributed by atoms with van der Waals surface area (Å²) < 4.78 is 11.6. The van der Waals surface area contributed by atoms with Crippen molar-refractivity contribution in [3.8, 4) is 11.5 Å². The fourth-order valence-electron chi connectivity index (χ4n) is 3.46. The van der Waals surface area contributed by atoms with Gasteiger partial charge in [-0.3, -0.25) is 9.59 Å². The minimum Gasteiger partial charge on any atom is -0.494 e. The fourth-order valence-corrected chi connectivity index (χ4v) is 4.40. The molecule has 1 aromatic carbocycles. The van der Waals surface area contributed by atoms with Crippen LogP contribution in [-0.4, -0.2) is 24.4 Å². The van der Waals surface area contributed by atoms with Crippen molar-refractivity contribution < 1.29 is 19.1 Å². The van der Waals surface area contributed by atoms with Crippen LogP contribution in [0.5, 0.6) is 11.5 Å². The Morgan fingerprint density at radius 1 is 1.25 bits per heavy atom. The van der Waals surface area contributed by atoms with Crippen molar-refractivity contribution in [1.82, 2.24) is 5.32 Å². The van der Waals surface area contributed by atoms with Gasteiger partial charge in [-0.05, 0) is 45.9 Å². The van der Waals surface area contributed by atoms with Gasteiger partial charge in [0, 0.05) is 52.3 Å².